The van der Waals surface area contributed by atoms with Crippen LogP contribution >= 0.6 is 7.82 Å². The van der Waals surface area contributed by atoms with Crippen LogP contribution in [0.2, 0.25) is 0 Å². The van der Waals surface area contributed by atoms with Gasteiger partial charge in [0.15, 0.2) is 0 Å². The minimum Gasteiger partial charge on any atom is -0.373 e. The molecule has 0 radical (unpaired) electrons. The van der Waals surface area contributed by atoms with Crippen LogP contribution in [0.1, 0.15) is 39.5 Å². The molecule has 2 rings (SSSR count). The van der Waals surface area contributed by atoms with E-state index in [1.807, 2.05) is 13.8 Å². The fourth-order valence-corrected chi connectivity index (χ4v) is 2.79. The quantitative estimate of drug-likeness (QED) is 0.285. The SMILES string of the molecule is CC1CCC(COP(=O)(O)O)O1.CO[N+](O)(O)OCC1CCC(C)O1. The lowest BCUT2D eigenvalue weighted by atomic mass is 10.2. The molecule has 12 heteroatoms. The summed E-state index contributed by atoms with van der Waals surface area (Å²) in [5.41, 5.74) is 0. The average molecular weight is 390 g/mol. The van der Waals surface area contributed by atoms with Crippen LogP contribution in [-0.2, 0) is 28.2 Å². The molecule has 2 saturated heterocycles. The Morgan fingerprint density at radius 2 is 1.48 bits per heavy atom. The normalized spacial score (nSPS) is 30.2. The predicted molar refractivity (Wildman–Crippen MR) is 81.9 cm³/mol. The second kappa shape index (κ2) is 10.2. The molecule has 2 aliphatic heterocycles. The molecule has 0 aromatic rings. The van der Waals surface area contributed by atoms with Crippen molar-refractivity contribution in [3.8, 4) is 0 Å². The van der Waals surface area contributed by atoms with Crippen LogP contribution in [0.15, 0.2) is 0 Å². The molecular formula is C13H29NO10P+. The number of phosphoric ester groups is 1. The number of hydrogen-bond donors (Lipinski definition) is 4. The molecule has 4 N–H and O–H groups in total. The zero-order valence-corrected chi connectivity index (χ0v) is 15.6. The fraction of sp³-hybridized carbons (Fsp3) is 1.00. The van der Waals surface area contributed by atoms with Crippen molar-refractivity contribution in [1.82, 2.24) is 0 Å². The number of hydrogen-bond acceptors (Lipinski definition) is 8. The van der Waals surface area contributed by atoms with E-state index in [0.29, 0.717) is 0 Å². The molecule has 0 aromatic heterocycles. The highest BCUT2D eigenvalue weighted by molar-refractivity contribution is 7.46. The molecule has 11 nitrogen and oxygen atoms in total. The Kier molecular flexibility index (Phi) is 9.37. The van der Waals surface area contributed by atoms with E-state index in [-0.39, 0.29) is 37.6 Å². The number of ether oxygens (including phenoxy) is 2. The van der Waals surface area contributed by atoms with Crippen LogP contribution in [0.25, 0.3) is 0 Å². The lowest BCUT2D eigenvalue weighted by Gasteiger charge is -2.15. The minimum absolute atomic E-state index is 0.0192. The molecule has 0 spiro atoms. The lowest BCUT2D eigenvalue weighted by molar-refractivity contribution is -1.47. The van der Waals surface area contributed by atoms with Gasteiger partial charge in [-0.3, -0.25) is 4.52 Å². The number of phosphoric acid groups is 1. The van der Waals surface area contributed by atoms with Gasteiger partial charge < -0.3 is 19.3 Å². The van der Waals surface area contributed by atoms with Crippen LogP contribution in [0.5, 0.6) is 0 Å². The maximum Gasteiger partial charge on any atom is 0.469 e. The molecule has 0 bridgehead atoms. The number of quaternary nitrogens is 1. The standard InChI is InChI=1S/C7H16NO5.C6H13O5P/c1-6-3-4-7(13-6)5-12-8(9,10)11-2;1-5-2-3-6(11-5)4-10-12(7,8)9/h6-7,9-10H,3-5H2,1-2H3;5-6H,2-4H2,1H3,(H2,7,8,9)/q+1;. The summed E-state index contributed by atoms with van der Waals surface area (Å²) in [6.45, 7) is 3.98. The number of nitrogens with zero attached hydrogens (tertiary/aromatic N) is 1. The first-order chi connectivity index (χ1) is 11.5. The van der Waals surface area contributed by atoms with Gasteiger partial charge in [-0.1, -0.05) is 4.84 Å². The first-order valence-corrected chi connectivity index (χ1v) is 9.59. The van der Waals surface area contributed by atoms with Crippen molar-refractivity contribution in [3.63, 3.8) is 0 Å². The van der Waals surface area contributed by atoms with E-state index in [9.17, 15) is 4.57 Å². The molecular weight excluding hydrogens is 361 g/mol. The van der Waals surface area contributed by atoms with Crippen LogP contribution < -0.4 is 0 Å². The van der Waals surface area contributed by atoms with E-state index in [1.165, 1.54) is 0 Å². The third kappa shape index (κ3) is 10.5. The smallest absolute Gasteiger partial charge is 0.373 e. The average Bonchev–Trinajstić information content (AvgIpc) is 3.12. The van der Waals surface area contributed by atoms with Gasteiger partial charge in [0.25, 0.3) is 0 Å². The van der Waals surface area contributed by atoms with E-state index in [0.717, 1.165) is 32.8 Å². The van der Waals surface area contributed by atoms with Crippen molar-refractivity contribution in [2.45, 2.75) is 63.9 Å². The van der Waals surface area contributed by atoms with E-state index in [2.05, 4.69) is 14.2 Å². The topological polar surface area (TPSA) is 144 Å². The van der Waals surface area contributed by atoms with E-state index in [1.54, 1.807) is 0 Å². The third-order valence-corrected chi connectivity index (χ3v) is 4.22. The Hall–Kier alpha value is -0.170. The van der Waals surface area contributed by atoms with Gasteiger partial charge in [-0.05, 0) is 39.5 Å². The van der Waals surface area contributed by atoms with E-state index in [4.69, 9.17) is 29.7 Å². The Labute approximate surface area is 146 Å². The largest absolute Gasteiger partial charge is 0.469 e. The zero-order chi connectivity index (χ0) is 19.1. The summed E-state index contributed by atoms with van der Waals surface area (Å²) < 4.78 is 25.3. The summed E-state index contributed by atoms with van der Waals surface area (Å²) in [4.78, 5) is 25.6. The molecule has 4 atom stereocenters. The first-order valence-electron chi connectivity index (χ1n) is 8.06. The van der Waals surface area contributed by atoms with Gasteiger partial charge in [0, 0.05) is 0 Å². The Bertz CT molecular complexity index is 431. The van der Waals surface area contributed by atoms with E-state index >= 15 is 0 Å². The minimum atomic E-state index is -4.32. The lowest BCUT2D eigenvalue weighted by Crippen LogP contribution is -2.41. The summed E-state index contributed by atoms with van der Waals surface area (Å²) >= 11 is 0. The van der Waals surface area contributed by atoms with Gasteiger partial charge in [0.05, 0.1) is 31.0 Å². The van der Waals surface area contributed by atoms with Crippen molar-refractivity contribution in [2.24, 2.45) is 0 Å². The summed E-state index contributed by atoms with van der Waals surface area (Å²) in [6.07, 6.45) is 3.72. The fourth-order valence-electron chi connectivity index (χ4n) is 2.43. The molecule has 25 heavy (non-hydrogen) atoms. The van der Waals surface area contributed by atoms with Crippen molar-refractivity contribution in [2.75, 3.05) is 20.3 Å². The molecule has 4 unspecified atom stereocenters. The van der Waals surface area contributed by atoms with Gasteiger partial charge in [0.1, 0.15) is 13.7 Å². The molecule has 150 valence electrons. The van der Waals surface area contributed by atoms with Gasteiger partial charge >= 0.3 is 7.82 Å². The molecule has 2 aliphatic rings. The van der Waals surface area contributed by atoms with Crippen molar-refractivity contribution in [1.29, 1.82) is 0 Å². The molecule has 2 heterocycles. The highest BCUT2D eigenvalue weighted by Gasteiger charge is 2.30. The highest BCUT2D eigenvalue weighted by atomic mass is 31.2. The van der Waals surface area contributed by atoms with Crippen molar-refractivity contribution in [3.05, 3.63) is 0 Å². The van der Waals surface area contributed by atoms with Crippen LogP contribution in [0.3, 0.4) is 0 Å². The summed E-state index contributed by atoms with van der Waals surface area (Å²) in [7, 11) is -3.19. The van der Waals surface area contributed by atoms with Gasteiger partial charge in [0.2, 0.25) is 5.14 Å². The second-order valence-corrected chi connectivity index (χ2v) is 7.29. The van der Waals surface area contributed by atoms with E-state index < -0.39 is 13.0 Å². The zero-order valence-electron chi connectivity index (χ0n) is 14.7. The first kappa shape index (κ1) is 22.9. The van der Waals surface area contributed by atoms with Gasteiger partial charge in [-0.25, -0.2) is 4.57 Å². The maximum atomic E-state index is 10.3. The van der Waals surface area contributed by atoms with Crippen LogP contribution in [0.4, 0.5) is 0 Å². The second-order valence-electron chi connectivity index (χ2n) is 6.05. The Morgan fingerprint density at radius 1 is 1.00 bits per heavy atom. The molecule has 0 aliphatic carbocycles. The molecule has 0 saturated carbocycles. The predicted octanol–water partition coefficient (Wildman–Crippen LogP) is 1.31. The Balaban J connectivity index is 0.000000251. The summed E-state index contributed by atoms with van der Waals surface area (Å²) in [5.74, 6) is 0. The summed E-state index contributed by atoms with van der Waals surface area (Å²) in [6, 6.07) is 0. The Morgan fingerprint density at radius 3 is 1.84 bits per heavy atom. The van der Waals surface area contributed by atoms with Crippen molar-refractivity contribution >= 4 is 7.82 Å². The van der Waals surface area contributed by atoms with Crippen LogP contribution in [0, 0.1) is 0 Å². The highest BCUT2D eigenvalue weighted by Crippen LogP contribution is 2.36. The van der Waals surface area contributed by atoms with Crippen LogP contribution in [-0.4, -0.2) is 70.1 Å². The molecule has 0 amide bonds. The summed E-state index contributed by atoms with van der Waals surface area (Å²) in [5, 5.41) is 15.8. The molecule has 2 fully saturated rings. The third-order valence-electron chi connectivity index (χ3n) is 3.73. The van der Waals surface area contributed by atoms with Crippen molar-refractivity contribution < 1.29 is 53.6 Å². The number of rotatable bonds is 7. The molecule has 0 aromatic carbocycles. The monoisotopic (exact) mass is 390 g/mol. The maximum absolute atomic E-state index is 10.3. The van der Waals surface area contributed by atoms with Gasteiger partial charge in [-0.2, -0.15) is 0 Å². The van der Waals surface area contributed by atoms with Gasteiger partial charge in [-0.15, -0.1) is 15.3 Å².